The first kappa shape index (κ1) is 11.5. The van der Waals surface area contributed by atoms with E-state index in [9.17, 15) is 4.79 Å². The van der Waals surface area contributed by atoms with Crippen LogP contribution in [0, 0.1) is 0 Å². The van der Waals surface area contributed by atoms with E-state index in [2.05, 4.69) is 31.5 Å². The fraction of sp³-hybridized carbons (Fsp3) is 0.500. The molecule has 78 valence electrons. The van der Waals surface area contributed by atoms with Crippen LogP contribution in [0.25, 0.3) is 0 Å². The van der Waals surface area contributed by atoms with Gasteiger partial charge in [-0.2, -0.15) is 0 Å². The molecule has 0 saturated carbocycles. The smallest absolute Gasteiger partial charge is 0.239 e. The minimum absolute atomic E-state index is 0.0219. The number of thiazole rings is 1. The van der Waals surface area contributed by atoms with Crippen LogP contribution in [-0.4, -0.2) is 23.5 Å². The lowest BCUT2D eigenvalue weighted by Crippen LogP contribution is -2.34. The summed E-state index contributed by atoms with van der Waals surface area (Å²) in [4.78, 5) is 15.3. The van der Waals surface area contributed by atoms with E-state index >= 15 is 0 Å². The Hall–Kier alpha value is -0.620. The normalized spacial score (nSPS) is 10.3. The topological polar surface area (TPSA) is 54.0 Å². The van der Waals surface area contributed by atoms with Crippen LogP contribution in [-0.2, 0) is 4.79 Å². The number of rotatable bonds is 4. The summed E-state index contributed by atoms with van der Waals surface area (Å²) in [5.41, 5.74) is 0. The van der Waals surface area contributed by atoms with E-state index in [1.54, 1.807) is 0 Å². The number of anilines is 1. The van der Waals surface area contributed by atoms with Crippen molar-refractivity contribution in [2.75, 3.05) is 11.9 Å². The summed E-state index contributed by atoms with van der Waals surface area (Å²) >= 11 is 4.70. The van der Waals surface area contributed by atoms with Gasteiger partial charge in [0.05, 0.1) is 6.54 Å². The van der Waals surface area contributed by atoms with Gasteiger partial charge in [0.15, 0.2) is 5.13 Å². The van der Waals surface area contributed by atoms with E-state index in [4.69, 9.17) is 0 Å². The molecule has 0 aliphatic carbocycles. The number of nitrogens with one attached hydrogen (secondary N) is 2. The van der Waals surface area contributed by atoms with Gasteiger partial charge in [-0.1, -0.05) is 0 Å². The van der Waals surface area contributed by atoms with E-state index in [0.29, 0.717) is 0 Å². The zero-order valence-corrected chi connectivity index (χ0v) is 10.4. The number of carbonyl (C=O) groups is 1. The summed E-state index contributed by atoms with van der Waals surface area (Å²) < 4.78 is 0.786. The zero-order valence-electron chi connectivity index (χ0n) is 8.00. The van der Waals surface area contributed by atoms with Gasteiger partial charge < -0.3 is 10.6 Å². The predicted molar refractivity (Wildman–Crippen MR) is 61.6 cm³/mol. The molecule has 0 atom stereocenters. The maximum absolute atomic E-state index is 11.2. The molecule has 4 nitrogen and oxygen atoms in total. The summed E-state index contributed by atoms with van der Waals surface area (Å²) in [6.45, 7) is 4.12. The van der Waals surface area contributed by atoms with Crippen LogP contribution in [0.1, 0.15) is 13.8 Å². The Kier molecular flexibility index (Phi) is 4.34. The summed E-state index contributed by atoms with van der Waals surface area (Å²) in [5, 5.41) is 8.33. The van der Waals surface area contributed by atoms with E-state index in [0.717, 1.165) is 9.73 Å². The fourth-order valence-corrected chi connectivity index (χ4v) is 2.01. The van der Waals surface area contributed by atoms with Gasteiger partial charge in [0.25, 0.3) is 0 Å². The monoisotopic (exact) mass is 277 g/mol. The molecule has 0 aliphatic heterocycles. The minimum Gasteiger partial charge on any atom is -0.352 e. The lowest BCUT2D eigenvalue weighted by atomic mass is 10.4. The zero-order chi connectivity index (χ0) is 10.6. The number of nitrogens with zero attached hydrogens (tertiary/aromatic N) is 1. The highest BCUT2D eigenvalue weighted by Crippen LogP contribution is 2.18. The number of amides is 1. The van der Waals surface area contributed by atoms with Crippen molar-refractivity contribution in [2.45, 2.75) is 19.9 Å². The molecule has 1 aromatic rings. The Balaban J connectivity index is 2.30. The fourth-order valence-electron chi connectivity index (χ4n) is 0.864. The SMILES string of the molecule is CC(C)NC(=O)CNc1nc(Br)cs1. The van der Waals surface area contributed by atoms with Gasteiger partial charge in [0, 0.05) is 11.4 Å². The molecule has 0 aromatic carbocycles. The second-order valence-corrected chi connectivity index (χ2v) is 4.72. The van der Waals surface area contributed by atoms with Crippen molar-refractivity contribution >= 4 is 38.3 Å². The first-order valence-electron chi connectivity index (χ1n) is 4.22. The number of halogens is 1. The average Bonchev–Trinajstić information content (AvgIpc) is 2.47. The van der Waals surface area contributed by atoms with Crippen molar-refractivity contribution < 1.29 is 4.79 Å². The van der Waals surface area contributed by atoms with Gasteiger partial charge >= 0.3 is 0 Å². The first-order chi connectivity index (χ1) is 6.58. The van der Waals surface area contributed by atoms with Crippen LogP contribution in [0.5, 0.6) is 0 Å². The van der Waals surface area contributed by atoms with E-state index in [1.807, 2.05) is 19.2 Å². The highest BCUT2D eigenvalue weighted by Gasteiger charge is 2.04. The molecular formula is C8H12BrN3OS. The molecule has 0 bridgehead atoms. The molecule has 1 rings (SSSR count). The second-order valence-electron chi connectivity index (χ2n) is 3.05. The number of hydrogen-bond acceptors (Lipinski definition) is 4. The molecule has 2 N–H and O–H groups in total. The van der Waals surface area contributed by atoms with Crippen molar-refractivity contribution in [3.05, 3.63) is 9.98 Å². The minimum atomic E-state index is -0.0219. The Morgan fingerprint density at radius 1 is 1.71 bits per heavy atom. The molecule has 0 aliphatic rings. The van der Waals surface area contributed by atoms with Gasteiger partial charge in [-0.15, -0.1) is 11.3 Å². The molecule has 14 heavy (non-hydrogen) atoms. The summed E-state index contributed by atoms with van der Waals surface area (Å²) in [7, 11) is 0. The largest absolute Gasteiger partial charge is 0.352 e. The predicted octanol–water partition coefficient (Wildman–Crippen LogP) is 1.84. The Morgan fingerprint density at radius 3 is 2.93 bits per heavy atom. The molecule has 6 heteroatoms. The Morgan fingerprint density at radius 2 is 2.43 bits per heavy atom. The van der Waals surface area contributed by atoms with Crippen LogP contribution in [0.2, 0.25) is 0 Å². The van der Waals surface area contributed by atoms with Crippen LogP contribution < -0.4 is 10.6 Å². The van der Waals surface area contributed by atoms with E-state index in [-0.39, 0.29) is 18.5 Å². The van der Waals surface area contributed by atoms with Gasteiger partial charge in [0.1, 0.15) is 4.60 Å². The van der Waals surface area contributed by atoms with Crippen LogP contribution in [0.3, 0.4) is 0 Å². The standard InChI is InChI=1S/C8H12BrN3OS/c1-5(2)11-7(13)3-10-8-12-6(9)4-14-8/h4-5H,3H2,1-2H3,(H,10,12)(H,11,13). The third kappa shape index (κ3) is 4.06. The molecule has 1 aromatic heterocycles. The molecule has 0 fully saturated rings. The van der Waals surface area contributed by atoms with Crippen LogP contribution >= 0.6 is 27.3 Å². The highest BCUT2D eigenvalue weighted by atomic mass is 79.9. The summed E-state index contributed by atoms with van der Waals surface area (Å²) in [6.07, 6.45) is 0. The van der Waals surface area contributed by atoms with Crippen LogP contribution in [0.4, 0.5) is 5.13 Å². The van der Waals surface area contributed by atoms with E-state index in [1.165, 1.54) is 11.3 Å². The number of aromatic nitrogens is 1. The van der Waals surface area contributed by atoms with Gasteiger partial charge in [-0.3, -0.25) is 4.79 Å². The number of carbonyl (C=O) groups excluding carboxylic acids is 1. The highest BCUT2D eigenvalue weighted by molar-refractivity contribution is 9.10. The molecule has 0 unspecified atom stereocenters. The first-order valence-corrected chi connectivity index (χ1v) is 5.89. The van der Waals surface area contributed by atoms with E-state index < -0.39 is 0 Å². The average molecular weight is 278 g/mol. The van der Waals surface area contributed by atoms with Gasteiger partial charge in [0.2, 0.25) is 5.91 Å². The van der Waals surface area contributed by atoms with Crippen molar-refractivity contribution in [3.8, 4) is 0 Å². The third-order valence-electron chi connectivity index (χ3n) is 1.33. The number of hydrogen-bond donors (Lipinski definition) is 2. The lowest BCUT2D eigenvalue weighted by molar-refractivity contribution is -0.119. The molecule has 0 saturated heterocycles. The van der Waals surface area contributed by atoms with Gasteiger partial charge in [-0.05, 0) is 29.8 Å². The third-order valence-corrected chi connectivity index (χ3v) is 2.84. The van der Waals surface area contributed by atoms with Crippen molar-refractivity contribution in [1.82, 2.24) is 10.3 Å². The van der Waals surface area contributed by atoms with Gasteiger partial charge in [-0.25, -0.2) is 4.98 Å². The molecular weight excluding hydrogens is 266 g/mol. The quantitative estimate of drug-likeness (QED) is 0.883. The Bertz CT molecular complexity index is 313. The molecule has 0 radical (unpaired) electrons. The summed E-state index contributed by atoms with van der Waals surface area (Å²) in [5.74, 6) is -0.0219. The maximum atomic E-state index is 11.2. The Labute approximate surface area is 95.2 Å². The summed E-state index contributed by atoms with van der Waals surface area (Å²) in [6, 6.07) is 0.173. The molecule has 1 heterocycles. The molecule has 0 spiro atoms. The van der Waals surface area contributed by atoms with Crippen molar-refractivity contribution in [2.24, 2.45) is 0 Å². The molecule has 1 amide bonds. The lowest BCUT2D eigenvalue weighted by Gasteiger charge is -2.07. The van der Waals surface area contributed by atoms with Crippen LogP contribution in [0.15, 0.2) is 9.98 Å². The second kappa shape index (κ2) is 5.31. The maximum Gasteiger partial charge on any atom is 0.239 e. The van der Waals surface area contributed by atoms with Crippen molar-refractivity contribution in [1.29, 1.82) is 0 Å². The van der Waals surface area contributed by atoms with Crippen molar-refractivity contribution in [3.63, 3.8) is 0 Å².